The summed E-state index contributed by atoms with van der Waals surface area (Å²) >= 11 is 3.74. The molecule has 2 aliphatic rings. The molecule has 3 rings (SSSR count). The molecule has 19 heavy (non-hydrogen) atoms. The van der Waals surface area contributed by atoms with Crippen LogP contribution < -0.4 is 0 Å². The molecule has 106 valence electrons. The van der Waals surface area contributed by atoms with Crippen molar-refractivity contribution in [3.05, 3.63) is 15.9 Å². The van der Waals surface area contributed by atoms with Gasteiger partial charge in [-0.05, 0) is 59.9 Å². The molecule has 0 aliphatic heterocycles. The maximum Gasteiger partial charge on any atom is 0.0767 e. The molecule has 1 aromatic heterocycles. The Kier molecular flexibility index (Phi) is 3.99. The Morgan fingerprint density at radius 1 is 1.21 bits per heavy atom. The van der Waals surface area contributed by atoms with Crippen molar-refractivity contribution in [1.29, 1.82) is 0 Å². The van der Waals surface area contributed by atoms with Gasteiger partial charge in [-0.1, -0.05) is 6.92 Å². The van der Waals surface area contributed by atoms with Crippen molar-refractivity contribution in [2.24, 2.45) is 18.9 Å². The Morgan fingerprint density at radius 2 is 1.79 bits per heavy atom. The van der Waals surface area contributed by atoms with Gasteiger partial charge in [0.1, 0.15) is 0 Å². The van der Waals surface area contributed by atoms with Crippen molar-refractivity contribution in [3.63, 3.8) is 0 Å². The average molecular weight is 326 g/mol. The van der Waals surface area contributed by atoms with E-state index in [0.717, 1.165) is 24.8 Å². The Balaban J connectivity index is 1.70. The van der Waals surface area contributed by atoms with Crippen LogP contribution in [0.2, 0.25) is 0 Å². The van der Waals surface area contributed by atoms with Crippen LogP contribution >= 0.6 is 15.9 Å². The molecule has 4 heteroatoms. The number of hydrogen-bond acceptors (Lipinski definition) is 2. The molecule has 0 radical (unpaired) electrons. The summed E-state index contributed by atoms with van der Waals surface area (Å²) in [5.74, 6) is 1.94. The first-order valence-corrected chi connectivity index (χ1v) is 8.39. The monoisotopic (exact) mass is 325 g/mol. The highest BCUT2D eigenvalue weighted by molar-refractivity contribution is 9.10. The summed E-state index contributed by atoms with van der Waals surface area (Å²) in [4.78, 5) is 2.66. The van der Waals surface area contributed by atoms with Crippen LogP contribution in [0.25, 0.3) is 0 Å². The van der Waals surface area contributed by atoms with Crippen LogP contribution in [0, 0.1) is 11.8 Å². The Morgan fingerprint density at radius 3 is 2.21 bits per heavy atom. The van der Waals surface area contributed by atoms with Crippen LogP contribution in [-0.2, 0) is 20.0 Å². The molecule has 3 nitrogen and oxygen atoms in total. The molecule has 0 bridgehead atoms. The van der Waals surface area contributed by atoms with Crippen molar-refractivity contribution in [2.75, 3.05) is 13.1 Å². The highest BCUT2D eigenvalue weighted by Crippen LogP contribution is 2.35. The second-order valence-corrected chi connectivity index (χ2v) is 7.06. The van der Waals surface area contributed by atoms with Crippen molar-refractivity contribution in [3.8, 4) is 0 Å². The number of aryl methyl sites for hydroxylation is 2. The van der Waals surface area contributed by atoms with Gasteiger partial charge >= 0.3 is 0 Å². The third-order valence-corrected chi connectivity index (χ3v) is 5.22. The SMILES string of the molecule is CCc1nn(C)c(CN(CC2CC2)CC2CC2)c1Br. The summed E-state index contributed by atoms with van der Waals surface area (Å²) in [6.07, 6.45) is 6.75. The van der Waals surface area contributed by atoms with Crippen LogP contribution in [0.3, 0.4) is 0 Å². The molecule has 0 spiro atoms. The molecule has 2 saturated carbocycles. The largest absolute Gasteiger partial charge is 0.297 e. The van der Waals surface area contributed by atoms with Crippen LogP contribution in [0.4, 0.5) is 0 Å². The zero-order chi connectivity index (χ0) is 13.4. The minimum absolute atomic E-state index is 0.969. The Bertz CT molecular complexity index is 432. The summed E-state index contributed by atoms with van der Waals surface area (Å²) in [6, 6.07) is 0. The van der Waals surface area contributed by atoms with Gasteiger partial charge in [-0.2, -0.15) is 5.10 Å². The lowest BCUT2D eigenvalue weighted by molar-refractivity contribution is 0.238. The lowest BCUT2D eigenvalue weighted by Gasteiger charge is -2.22. The quantitative estimate of drug-likeness (QED) is 0.766. The van der Waals surface area contributed by atoms with E-state index in [4.69, 9.17) is 0 Å². The first-order chi connectivity index (χ1) is 9.17. The zero-order valence-electron chi connectivity index (χ0n) is 12.0. The van der Waals surface area contributed by atoms with E-state index in [-0.39, 0.29) is 0 Å². The van der Waals surface area contributed by atoms with Gasteiger partial charge in [-0.3, -0.25) is 9.58 Å². The Labute approximate surface area is 124 Å². The lowest BCUT2D eigenvalue weighted by atomic mass is 10.2. The van der Waals surface area contributed by atoms with Gasteiger partial charge in [0.15, 0.2) is 0 Å². The number of halogens is 1. The first kappa shape index (κ1) is 13.6. The molecule has 0 atom stereocenters. The normalized spacial score (nSPS) is 19.4. The van der Waals surface area contributed by atoms with E-state index in [9.17, 15) is 0 Å². The van der Waals surface area contributed by atoms with Crippen LogP contribution in [0.5, 0.6) is 0 Å². The third-order valence-electron chi connectivity index (χ3n) is 4.30. The van der Waals surface area contributed by atoms with E-state index >= 15 is 0 Å². The average Bonchev–Trinajstić information content (AvgIpc) is 3.27. The summed E-state index contributed by atoms with van der Waals surface area (Å²) < 4.78 is 3.30. The fourth-order valence-electron chi connectivity index (χ4n) is 2.74. The highest BCUT2D eigenvalue weighted by Gasteiger charge is 2.30. The molecular formula is C15H24BrN3. The summed E-state index contributed by atoms with van der Waals surface area (Å²) in [7, 11) is 2.08. The first-order valence-electron chi connectivity index (χ1n) is 7.60. The van der Waals surface area contributed by atoms with E-state index in [2.05, 4.69) is 44.6 Å². The van der Waals surface area contributed by atoms with Gasteiger partial charge in [0.05, 0.1) is 15.9 Å². The number of nitrogens with zero attached hydrogens (tertiary/aromatic N) is 3. The van der Waals surface area contributed by atoms with Gasteiger partial charge in [-0.25, -0.2) is 0 Å². The molecule has 0 unspecified atom stereocenters. The molecule has 0 aromatic carbocycles. The van der Waals surface area contributed by atoms with E-state index in [0.29, 0.717) is 0 Å². The lowest BCUT2D eigenvalue weighted by Crippen LogP contribution is -2.29. The molecule has 0 saturated heterocycles. The second-order valence-electron chi connectivity index (χ2n) is 6.27. The maximum atomic E-state index is 4.61. The summed E-state index contributed by atoms with van der Waals surface area (Å²) in [5.41, 5.74) is 2.54. The van der Waals surface area contributed by atoms with Gasteiger partial charge in [0.25, 0.3) is 0 Å². The second kappa shape index (κ2) is 5.57. The molecule has 2 fully saturated rings. The van der Waals surface area contributed by atoms with Crippen LogP contribution in [-0.4, -0.2) is 27.8 Å². The number of hydrogen-bond donors (Lipinski definition) is 0. The topological polar surface area (TPSA) is 21.1 Å². The molecule has 1 heterocycles. The molecular weight excluding hydrogens is 302 g/mol. The third kappa shape index (κ3) is 3.40. The van der Waals surface area contributed by atoms with Gasteiger partial charge in [0.2, 0.25) is 0 Å². The van der Waals surface area contributed by atoms with Crippen molar-refractivity contribution in [2.45, 2.75) is 45.6 Å². The smallest absolute Gasteiger partial charge is 0.0767 e. The van der Waals surface area contributed by atoms with Gasteiger partial charge < -0.3 is 0 Å². The molecule has 2 aliphatic carbocycles. The highest BCUT2D eigenvalue weighted by atomic mass is 79.9. The van der Waals surface area contributed by atoms with Crippen LogP contribution in [0.15, 0.2) is 4.47 Å². The van der Waals surface area contributed by atoms with Crippen LogP contribution in [0.1, 0.15) is 44.0 Å². The maximum absolute atomic E-state index is 4.61. The molecule has 0 amide bonds. The molecule has 0 N–H and O–H groups in total. The predicted molar refractivity (Wildman–Crippen MR) is 81.0 cm³/mol. The summed E-state index contributed by atoms with van der Waals surface area (Å²) in [6.45, 7) is 5.80. The van der Waals surface area contributed by atoms with Crippen molar-refractivity contribution in [1.82, 2.24) is 14.7 Å². The molecule has 1 aromatic rings. The van der Waals surface area contributed by atoms with E-state index in [1.54, 1.807) is 0 Å². The van der Waals surface area contributed by atoms with E-state index < -0.39 is 0 Å². The predicted octanol–water partition coefficient (Wildman–Crippen LogP) is 3.37. The standard InChI is InChI=1S/C15H24BrN3/c1-3-13-15(16)14(18(2)17-13)10-19(8-11-4-5-11)9-12-6-7-12/h11-12H,3-10H2,1-2H3. The van der Waals surface area contributed by atoms with Gasteiger partial charge in [0, 0.05) is 26.7 Å². The minimum atomic E-state index is 0.969. The number of rotatable bonds is 7. The van der Waals surface area contributed by atoms with Crippen molar-refractivity contribution < 1.29 is 0 Å². The van der Waals surface area contributed by atoms with E-state index in [1.165, 1.54) is 54.6 Å². The fourth-order valence-corrected chi connectivity index (χ4v) is 3.48. The van der Waals surface area contributed by atoms with Crippen molar-refractivity contribution >= 4 is 15.9 Å². The zero-order valence-corrected chi connectivity index (χ0v) is 13.6. The number of aromatic nitrogens is 2. The minimum Gasteiger partial charge on any atom is -0.297 e. The van der Waals surface area contributed by atoms with Gasteiger partial charge in [-0.15, -0.1) is 0 Å². The van der Waals surface area contributed by atoms with E-state index in [1.807, 2.05) is 0 Å². The Hall–Kier alpha value is -0.350. The summed E-state index contributed by atoms with van der Waals surface area (Å²) in [5, 5.41) is 4.61. The fraction of sp³-hybridized carbons (Fsp3) is 0.800.